The molecule has 0 saturated carbocycles. The number of morpholine rings is 1. The van der Waals surface area contributed by atoms with Crippen molar-refractivity contribution in [3.05, 3.63) is 40.7 Å². The predicted octanol–water partition coefficient (Wildman–Crippen LogP) is 2.04. The lowest BCUT2D eigenvalue weighted by atomic mass is 10.1. The minimum Gasteiger partial charge on any atom is -0.497 e. The maximum atomic E-state index is 5.39. The maximum Gasteiger partial charge on any atom is 0.234 e. The van der Waals surface area contributed by atoms with Gasteiger partial charge < -0.3 is 9.47 Å². The molecule has 1 aliphatic heterocycles. The Kier molecular flexibility index (Phi) is 5.85. The minimum absolute atomic E-state index is 0. The second-order valence-electron chi connectivity index (χ2n) is 5.72. The van der Waals surface area contributed by atoms with Crippen molar-refractivity contribution in [1.82, 2.24) is 24.7 Å². The number of aromatic nitrogens is 4. The van der Waals surface area contributed by atoms with Gasteiger partial charge in [-0.2, -0.15) is 9.61 Å². The third-order valence-corrected chi connectivity index (χ3v) is 4.98. The Morgan fingerprint density at radius 2 is 1.92 bits per heavy atom. The van der Waals surface area contributed by atoms with Crippen molar-refractivity contribution in [3.8, 4) is 5.75 Å². The molecule has 134 valence electrons. The summed E-state index contributed by atoms with van der Waals surface area (Å²) in [6.07, 6.45) is 0.787. The number of rotatable bonds is 5. The molecule has 1 aliphatic rings. The molecular weight excluding hydrogens is 362 g/mol. The van der Waals surface area contributed by atoms with Crippen LogP contribution in [-0.2, 0) is 17.7 Å². The topological polar surface area (TPSA) is 64.8 Å². The average Bonchev–Trinajstić information content (AvgIpc) is 3.18. The van der Waals surface area contributed by atoms with Crippen LogP contribution in [0.3, 0.4) is 0 Å². The van der Waals surface area contributed by atoms with Gasteiger partial charge in [0.25, 0.3) is 0 Å². The van der Waals surface area contributed by atoms with Crippen molar-refractivity contribution in [1.29, 1.82) is 0 Å². The lowest BCUT2D eigenvalue weighted by molar-refractivity contribution is 0.0328. The fourth-order valence-electron chi connectivity index (χ4n) is 2.74. The molecule has 1 fully saturated rings. The van der Waals surface area contributed by atoms with E-state index in [0.717, 1.165) is 60.8 Å². The summed E-state index contributed by atoms with van der Waals surface area (Å²) < 4.78 is 12.5. The highest BCUT2D eigenvalue weighted by molar-refractivity contribution is 7.16. The van der Waals surface area contributed by atoms with Crippen LogP contribution < -0.4 is 4.74 Å². The highest BCUT2D eigenvalue weighted by Gasteiger charge is 2.17. The molecule has 7 nitrogen and oxygen atoms in total. The molecule has 4 rings (SSSR count). The SMILES string of the molecule is COc1ccc(Cc2nn3c(CN4CCOCC4)nnc3s2)cc1.Cl. The van der Waals surface area contributed by atoms with Crippen molar-refractivity contribution >= 4 is 28.7 Å². The van der Waals surface area contributed by atoms with Gasteiger partial charge in [-0.05, 0) is 17.7 Å². The summed E-state index contributed by atoms with van der Waals surface area (Å²) in [7, 11) is 1.67. The highest BCUT2D eigenvalue weighted by atomic mass is 35.5. The third kappa shape index (κ3) is 4.09. The number of benzene rings is 1. The number of hydrogen-bond acceptors (Lipinski definition) is 7. The third-order valence-electron chi connectivity index (χ3n) is 4.08. The van der Waals surface area contributed by atoms with Crippen molar-refractivity contribution < 1.29 is 9.47 Å². The van der Waals surface area contributed by atoms with E-state index in [1.807, 2.05) is 16.6 Å². The molecule has 1 aromatic carbocycles. The Morgan fingerprint density at radius 1 is 1.16 bits per heavy atom. The van der Waals surface area contributed by atoms with Gasteiger partial charge in [0.1, 0.15) is 10.8 Å². The first-order chi connectivity index (χ1) is 11.8. The number of hydrogen-bond donors (Lipinski definition) is 0. The Bertz CT molecular complexity index is 814. The number of methoxy groups -OCH3 is 1. The lowest BCUT2D eigenvalue weighted by Crippen LogP contribution is -2.36. The van der Waals surface area contributed by atoms with Gasteiger partial charge in [0, 0.05) is 19.5 Å². The first-order valence-electron chi connectivity index (χ1n) is 7.95. The summed E-state index contributed by atoms with van der Waals surface area (Å²) in [6.45, 7) is 4.18. The first kappa shape index (κ1) is 18.1. The van der Waals surface area contributed by atoms with Gasteiger partial charge in [-0.3, -0.25) is 4.90 Å². The Balaban J connectivity index is 0.00000182. The summed E-state index contributed by atoms with van der Waals surface area (Å²) in [5.41, 5.74) is 1.20. The summed E-state index contributed by atoms with van der Waals surface area (Å²) in [5.74, 6) is 1.76. The molecule has 0 unspecified atom stereocenters. The zero-order valence-corrected chi connectivity index (χ0v) is 15.6. The average molecular weight is 382 g/mol. The van der Waals surface area contributed by atoms with Crippen LogP contribution in [0.5, 0.6) is 5.75 Å². The highest BCUT2D eigenvalue weighted by Crippen LogP contribution is 2.20. The fourth-order valence-corrected chi connectivity index (χ4v) is 3.63. The van der Waals surface area contributed by atoms with Crippen LogP contribution in [-0.4, -0.2) is 58.1 Å². The van der Waals surface area contributed by atoms with E-state index < -0.39 is 0 Å². The van der Waals surface area contributed by atoms with E-state index in [4.69, 9.17) is 14.6 Å². The van der Waals surface area contributed by atoms with Gasteiger partial charge in [0.05, 0.1) is 26.9 Å². The number of fused-ring (bicyclic) bond motifs is 1. The van der Waals surface area contributed by atoms with E-state index in [0.29, 0.717) is 0 Å². The smallest absolute Gasteiger partial charge is 0.234 e. The number of ether oxygens (including phenoxy) is 2. The zero-order chi connectivity index (χ0) is 16.4. The second kappa shape index (κ2) is 8.09. The zero-order valence-electron chi connectivity index (χ0n) is 13.9. The van der Waals surface area contributed by atoms with Crippen LogP contribution in [0.1, 0.15) is 16.4 Å². The van der Waals surface area contributed by atoms with Gasteiger partial charge in [-0.25, -0.2) is 0 Å². The molecule has 0 spiro atoms. The molecule has 0 aliphatic carbocycles. The molecule has 9 heteroatoms. The molecule has 0 N–H and O–H groups in total. The summed E-state index contributed by atoms with van der Waals surface area (Å²) in [4.78, 5) is 3.17. The Morgan fingerprint density at radius 3 is 2.64 bits per heavy atom. The van der Waals surface area contributed by atoms with Crippen LogP contribution in [0.15, 0.2) is 24.3 Å². The van der Waals surface area contributed by atoms with Crippen LogP contribution in [0.4, 0.5) is 0 Å². The van der Waals surface area contributed by atoms with E-state index >= 15 is 0 Å². The summed E-state index contributed by atoms with van der Waals surface area (Å²) >= 11 is 1.59. The molecule has 2 aromatic heterocycles. The Hall–Kier alpha value is -1.74. The minimum atomic E-state index is 0. The van der Waals surface area contributed by atoms with Gasteiger partial charge in [-0.15, -0.1) is 22.6 Å². The van der Waals surface area contributed by atoms with Crippen LogP contribution in [0.25, 0.3) is 4.96 Å². The monoisotopic (exact) mass is 381 g/mol. The lowest BCUT2D eigenvalue weighted by Gasteiger charge is -2.25. The molecule has 3 heterocycles. The quantitative estimate of drug-likeness (QED) is 0.674. The molecular formula is C16H20ClN5O2S. The fraction of sp³-hybridized carbons (Fsp3) is 0.438. The molecule has 25 heavy (non-hydrogen) atoms. The van der Waals surface area contributed by atoms with Crippen molar-refractivity contribution in [3.63, 3.8) is 0 Å². The molecule has 1 saturated heterocycles. The Labute approximate surface area is 156 Å². The summed E-state index contributed by atoms with van der Waals surface area (Å²) in [5, 5.41) is 14.3. The molecule has 0 atom stereocenters. The van der Waals surface area contributed by atoms with Crippen LogP contribution in [0, 0.1) is 0 Å². The van der Waals surface area contributed by atoms with Gasteiger partial charge >= 0.3 is 0 Å². The number of nitrogens with zero attached hydrogens (tertiary/aromatic N) is 5. The first-order valence-corrected chi connectivity index (χ1v) is 8.76. The van der Waals surface area contributed by atoms with E-state index in [-0.39, 0.29) is 12.4 Å². The van der Waals surface area contributed by atoms with Crippen molar-refractivity contribution in [2.75, 3.05) is 33.4 Å². The predicted molar refractivity (Wildman–Crippen MR) is 97.8 cm³/mol. The van der Waals surface area contributed by atoms with Crippen LogP contribution in [0.2, 0.25) is 0 Å². The largest absolute Gasteiger partial charge is 0.497 e. The van der Waals surface area contributed by atoms with Gasteiger partial charge in [-0.1, -0.05) is 23.5 Å². The second-order valence-corrected chi connectivity index (χ2v) is 6.76. The van der Waals surface area contributed by atoms with E-state index in [9.17, 15) is 0 Å². The maximum absolute atomic E-state index is 5.39. The standard InChI is InChI=1S/C16H19N5O2S.ClH/c1-22-13-4-2-12(3-5-13)10-15-19-21-14(17-18-16(21)24-15)11-20-6-8-23-9-7-20;/h2-5H,6-11H2,1H3;1H. The molecule has 0 bridgehead atoms. The van der Waals surface area contributed by atoms with Gasteiger partial charge in [0.2, 0.25) is 4.96 Å². The van der Waals surface area contributed by atoms with Crippen LogP contribution >= 0.6 is 23.7 Å². The van der Waals surface area contributed by atoms with Gasteiger partial charge in [0.15, 0.2) is 5.82 Å². The number of halogens is 1. The summed E-state index contributed by atoms with van der Waals surface area (Å²) in [6, 6.07) is 8.07. The molecule has 0 radical (unpaired) electrons. The van der Waals surface area contributed by atoms with E-state index in [2.05, 4.69) is 27.2 Å². The molecule has 0 amide bonds. The van der Waals surface area contributed by atoms with E-state index in [1.54, 1.807) is 18.4 Å². The molecule has 3 aromatic rings. The van der Waals surface area contributed by atoms with Crippen molar-refractivity contribution in [2.24, 2.45) is 0 Å². The normalized spacial score (nSPS) is 15.2. The van der Waals surface area contributed by atoms with Crippen molar-refractivity contribution in [2.45, 2.75) is 13.0 Å². The van der Waals surface area contributed by atoms with E-state index in [1.165, 1.54) is 5.56 Å².